The molecule has 4 heteroatoms. The summed E-state index contributed by atoms with van der Waals surface area (Å²) in [6.45, 7) is 3.89. The molecule has 0 aliphatic carbocycles. The standard InChI is InChI=1S/C11H11ClO3/c1-6(2)7-3-8(5-9(12)4-7)10(13)11(14)15/h3-6H,1-2H3,(H,14,15). The molecule has 0 aliphatic heterocycles. The van der Waals surface area contributed by atoms with E-state index in [0.717, 1.165) is 5.56 Å². The van der Waals surface area contributed by atoms with Crippen molar-refractivity contribution in [2.75, 3.05) is 0 Å². The zero-order chi connectivity index (χ0) is 11.6. The Labute approximate surface area is 92.7 Å². The first kappa shape index (κ1) is 11.7. The summed E-state index contributed by atoms with van der Waals surface area (Å²) in [7, 11) is 0. The molecule has 3 nitrogen and oxygen atoms in total. The van der Waals surface area contributed by atoms with Gasteiger partial charge in [-0.25, -0.2) is 4.79 Å². The lowest BCUT2D eigenvalue weighted by Crippen LogP contribution is -2.13. The van der Waals surface area contributed by atoms with Crippen LogP contribution in [0.5, 0.6) is 0 Å². The number of carboxylic acids is 1. The molecule has 0 atom stereocenters. The lowest BCUT2D eigenvalue weighted by Gasteiger charge is -2.07. The number of hydrogen-bond donors (Lipinski definition) is 1. The van der Waals surface area contributed by atoms with Gasteiger partial charge in [-0.1, -0.05) is 25.4 Å². The van der Waals surface area contributed by atoms with Crippen molar-refractivity contribution in [1.29, 1.82) is 0 Å². The highest BCUT2D eigenvalue weighted by Gasteiger charge is 2.16. The van der Waals surface area contributed by atoms with Crippen molar-refractivity contribution in [2.24, 2.45) is 0 Å². The number of Topliss-reactive ketones (excluding diaryl/α,β-unsaturated/α-hetero) is 1. The summed E-state index contributed by atoms with van der Waals surface area (Å²) in [6, 6.07) is 4.65. The highest BCUT2D eigenvalue weighted by molar-refractivity contribution is 6.40. The maximum absolute atomic E-state index is 11.2. The number of halogens is 1. The Hall–Kier alpha value is -1.35. The smallest absolute Gasteiger partial charge is 0.377 e. The second-order valence-electron chi connectivity index (χ2n) is 3.56. The van der Waals surface area contributed by atoms with Crippen LogP contribution < -0.4 is 0 Å². The molecule has 0 aromatic heterocycles. The number of carboxylic acid groups (broad SMARTS) is 1. The molecule has 0 heterocycles. The fourth-order valence-electron chi connectivity index (χ4n) is 1.20. The summed E-state index contributed by atoms with van der Waals surface area (Å²) < 4.78 is 0. The Bertz CT molecular complexity index is 410. The van der Waals surface area contributed by atoms with Crippen molar-refractivity contribution in [3.63, 3.8) is 0 Å². The Morgan fingerprint density at radius 2 is 1.87 bits per heavy atom. The maximum atomic E-state index is 11.2. The fourth-order valence-corrected chi connectivity index (χ4v) is 1.44. The first-order valence-corrected chi connectivity index (χ1v) is 4.87. The summed E-state index contributed by atoms with van der Waals surface area (Å²) >= 11 is 5.80. The van der Waals surface area contributed by atoms with E-state index < -0.39 is 11.8 Å². The third kappa shape index (κ3) is 2.80. The van der Waals surface area contributed by atoms with Crippen LogP contribution in [0.4, 0.5) is 0 Å². The average Bonchev–Trinajstić information content (AvgIpc) is 2.15. The van der Waals surface area contributed by atoms with Crippen molar-refractivity contribution < 1.29 is 14.7 Å². The first-order chi connectivity index (χ1) is 6.91. The van der Waals surface area contributed by atoms with E-state index in [2.05, 4.69) is 0 Å². The molecule has 0 amide bonds. The lowest BCUT2D eigenvalue weighted by molar-refractivity contribution is -0.131. The third-order valence-electron chi connectivity index (χ3n) is 2.04. The minimum Gasteiger partial charge on any atom is -0.475 e. The zero-order valence-corrected chi connectivity index (χ0v) is 9.21. The van der Waals surface area contributed by atoms with Crippen molar-refractivity contribution in [2.45, 2.75) is 19.8 Å². The molecule has 0 radical (unpaired) electrons. The van der Waals surface area contributed by atoms with Gasteiger partial charge in [-0.15, -0.1) is 0 Å². The van der Waals surface area contributed by atoms with E-state index in [4.69, 9.17) is 16.7 Å². The molecule has 0 bridgehead atoms. The summed E-state index contributed by atoms with van der Waals surface area (Å²) in [5.74, 6) is -2.20. The Balaban J connectivity index is 3.20. The number of carbonyl (C=O) groups is 2. The van der Waals surface area contributed by atoms with Gasteiger partial charge in [-0.2, -0.15) is 0 Å². The van der Waals surface area contributed by atoms with E-state index in [0.29, 0.717) is 5.02 Å². The number of carbonyl (C=O) groups excluding carboxylic acids is 1. The predicted octanol–water partition coefficient (Wildman–Crippen LogP) is 2.73. The lowest BCUT2D eigenvalue weighted by atomic mass is 9.99. The van der Waals surface area contributed by atoms with Gasteiger partial charge in [0.25, 0.3) is 5.78 Å². The van der Waals surface area contributed by atoms with Gasteiger partial charge in [0.2, 0.25) is 0 Å². The molecule has 1 rings (SSSR count). The van der Waals surface area contributed by atoms with Crippen LogP contribution in [0.25, 0.3) is 0 Å². The minimum atomic E-state index is -1.47. The second-order valence-corrected chi connectivity index (χ2v) is 4.00. The molecule has 1 aromatic rings. The van der Waals surface area contributed by atoms with Crippen LogP contribution >= 0.6 is 11.6 Å². The molecule has 80 valence electrons. The molecule has 0 fully saturated rings. The Morgan fingerprint density at radius 3 is 2.33 bits per heavy atom. The van der Waals surface area contributed by atoms with Crippen LogP contribution in [-0.4, -0.2) is 16.9 Å². The molecular formula is C11H11ClO3. The molecule has 0 saturated carbocycles. The van der Waals surface area contributed by atoms with Gasteiger partial charge in [-0.3, -0.25) is 4.79 Å². The quantitative estimate of drug-likeness (QED) is 0.637. The molecule has 1 aromatic carbocycles. The van der Waals surface area contributed by atoms with Crippen molar-refractivity contribution in [3.8, 4) is 0 Å². The van der Waals surface area contributed by atoms with Crippen molar-refractivity contribution >= 4 is 23.4 Å². The van der Waals surface area contributed by atoms with E-state index in [9.17, 15) is 9.59 Å². The number of rotatable bonds is 3. The van der Waals surface area contributed by atoms with Crippen LogP contribution in [0.1, 0.15) is 35.7 Å². The van der Waals surface area contributed by atoms with Gasteiger partial charge in [-0.05, 0) is 29.7 Å². The second kappa shape index (κ2) is 4.45. The van der Waals surface area contributed by atoms with Gasteiger partial charge in [0.1, 0.15) is 0 Å². The van der Waals surface area contributed by atoms with E-state index in [1.807, 2.05) is 13.8 Å². The van der Waals surface area contributed by atoms with Crippen LogP contribution in [-0.2, 0) is 4.79 Å². The Kier molecular flexibility index (Phi) is 3.48. The molecule has 0 saturated heterocycles. The van der Waals surface area contributed by atoms with Gasteiger partial charge < -0.3 is 5.11 Å². The molecule has 1 N–H and O–H groups in total. The van der Waals surface area contributed by atoms with Gasteiger partial charge in [0.05, 0.1) is 0 Å². The van der Waals surface area contributed by atoms with Gasteiger partial charge in [0, 0.05) is 10.6 Å². The largest absolute Gasteiger partial charge is 0.475 e. The van der Waals surface area contributed by atoms with Crippen molar-refractivity contribution in [3.05, 3.63) is 34.3 Å². The molecule has 0 unspecified atom stereocenters. The van der Waals surface area contributed by atoms with E-state index in [-0.39, 0.29) is 11.5 Å². The van der Waals surface area contributed by atoms with E-state index in [1.165, 1.54) is 6.07 Å². The average molecular weight is 227 g/mol. The predicted molar refractivity (Wildman–Crippen MR) is 57.5 cm³/mol. The summed E-state index contributed by atoms with van der Waals surface area (Å²) in [6.07, 6.45) is 0. The van der Waals surface area contributed by atoms with E-state index >= 15 is 0 Å². The van der Waals surface area contributed by atoms with Crippen molar-refractivity contribution in [1.82, 2.24) is 0 Å². The summed E-state index contributed by atoms with van der Waals surface area (Å²) in [5, 5.41) is 8.94. The highest BCUT2D eigenvalue weighted by Crippen LogP contribution is 2.21. The maximum Gasteiger partial charge on any atom is 0.377 e. The summed E-state index contributed by atoms with van der Waals surface area (Å²) in [5.41, 5.74) is 0.978. The molecule has 0 aliphatic rings. The normalized spacial score (nSPS) is 10.4. The monoisotopic (exact) mass is 226 g/mol. The zero-order valence-electron chi connectivity index (χ0n) is 8.45. The van der Waals surface area contributed by atoms with Gasteiger partial charge in [0.15, 0.2) is 0 Å². The Morgan fingerprint density at radius 1 is 1.27 bits per heavy atom. The summed E-state index contributed by atoms with van der Waals surface area (Å²) in [4.78, 5) is 21.7. The molecular weight excluding hydrogens is 216 g/mol. The van der Waals surface area contributed by atoms with Crippen LogP contribution in [0.3, 0.4) is 0 Å². The topological polar surface area (TPSA) is 54.4 Å². The number of hydrogen-bond acceptors (Lipinski definition) is 2. The molecule has 15 heavy (non-hydrogen) atoms. The third-order valence-corrected chi connectivity index (χ3v) is 2.26. The number of aliphatic carboxylic acids is 1. The van der Waals surface area contributed by atoms with Gasteiger partial charge >= 0.3 is 5.97 Å². The fraction of sp³-hybridized carbons (Fsp3) is 0.273. The first-order valence-electron chi connectivity index (χ1n) is 4.50. The highest BCUT2D eigenvalue weighted by atomic mass is 35.5. The number of ketones is 1. The SMILES string of the molecule is CC(C)c1cc(Cl)cc(C(=O)C(=O)O)c1. The minimum absolute atomic E-state index is 0.124. The van der Waals surface area contributed by atoms with E-state index in [1.54, 1.807) is 12.1 Å². The van der Waals surface area contributed by atoms with Crippen LogP contribution in [0.2, 0.25) is 5.02 Å². The number of benzene rings is 1. The van der Waals surface area contributed by atoms with Crippen LogP contribution in [0.15, 0.2) is 18.2 Å². The molecule has 0 spiro atoms. The van der Waals surface area contributed by atoms with Crippen LogP contribution in [0, 0.1) is 0 Å².